The van der Waals surface area contributed by atoms with Crippen molar-refractivity contribution in [1.82, 2.24) is 10.6 Å². The second kappa shape index (κ2) is 8.63. The summed E-state index contributed by atoms with van der Waals surface area (Å²) in [6.45, 7) is 2.09. The summed E-state index contributed by atoms with van der Waals surface area (Å²) in [5, 5.41) is 14.2. The van der Waals surface area contributed by atoms with Crippen molar-refractivity contribution >= 4 is 27.9 Å². The number of hydrogen-bond acceptors (Lipinski definition) is 3. The van der Waals surface area contributed by atoms with Crippen molar-refractivity contribution in [3.8, 4) is 0 Å². The minimum absolute atomic E-state index is 0.214. The van der Waals surface area contributed by atoms with E-state index in [2.05, 4.69) is 26.6 Å². The minimum Gasteiger partial charge on any atom is -0.480 e. The van der Waals surface area contributed by atoms with E-state index in [1.165, 1.54) is 7.11 Å². The molecule has 1 aromatic carbocycles. The first kappa shape index (κ1) is 17.5. The van der Waals surface area contributed by atoms with Gasteiger partial charge in [0.25, 0.3) is 0 Å². The zero-order valence-electron chi connectivity index (χ0n) is 11.9. The molecule has 2 atom stereocenters. The van der Waals surface area contributed by atoms with Crippen LogP contribution in [0.15, 0.2) is 28.7 Å². The monoisotopic (exact) mass is 358 g/mol. The molecule has 2 amide bonds. The molecule has 21 heavy (non-hydrogen) atoms. The van der Waals surface area contributed by atoms with Crippen molar-refractivity contribution in [1.29, 1.82) is 0 Å². The van der Waals surface area contributed by atoms with Gasteiger partial charge in [-0.2, -0.15) is 0 Å². The molecule has 0 saturated carbocycles. The fraction of sp³-hybridized carbons (Fsp3) is 0.429. The van der Waals surface area contributed by atoms with E-state index in [1.54, 1.807) is 0 Å². The molecule has 1 rings (SSSR count). The standard InChI is InChI=1S/C14H19BrN2O4/c1-9(10-3-5-11(15)6-4-10)16-14(20)17-12(13(18)19)7-8-21-2/h3-6,9,12H,7-8H2,1-2H3,(H,18,19)(H2,16,17,20). The molecule has 116 valence electrons. The fourth-order valence-corrected chi connectivity index (χ4v) is 1.99. The maximum atomic E-state index is 11.8. The number of carboxylic acids is 1. The second-order valence-corrected chi connectivity index (χ2v) is 5.48. The van der Waals surface area contributed by atoms with Gasteiger partial charge < -0.3 is 20.5 Å². The van der Waals surface area contributed by atoms with Gasteiger partial charge in [-0.25, -0.2) is 9.59 Å². The van der Waals surface area contributed by atoms with Gasteiger partial charge in [-0.15, -0.1) is 0 Å². The smallest absolute Gasteiger partial charge is 0.326 e. The highest BCUT2D eigenvalue weighted by molar-refractivity contribution is 9.10. The molecule has 0 aliphatic carbocycles. The number of hydrogen-bond donors (Lipinski definition) is 3. The Hall–Kier alpha value is -1.60. The topological polar surface area (TPSA) is 87.7 Å². The Morgan fingerprint density at radius 2 is 1.90 bits per heavy atom. The van der Waals surface area contributed by atoms with E-state index in [4.69, 9.17) is 9.84 Å². The Morgan fingerprint density at radius 3 is 2.43 bits per heavy atom. The van der Waals surface area contributed by atoms with Gasteiger partial charge in [0.15, 0.2) is 0 Å². The summed E-state index contributed by atoms with van der Waals surface area (Å²) < 4.78 is 5.78. The van der Waals surface area contributed by atoms with Gasteiger partial charge >= 0.3 is 12.0 Å². The molecule has 0 aromatic heterocycles. The molecule has 0 bridgehead atoms. The summed E-state index contributed by atoms with van der Waals surface area (Å²) >= 11 is 3.34. The summed E-state index contributed by atoms with van der Waals surface area (Å²) in [7, 11) is 1.48. The predicted octanol–water partition coefficient (Wildman–Crippen LogP) is 2.30. The first-order chi connectivity index (χ1) is 9.93. The summed E-state index contributed by atoms with van der Waals surface area (Å²) in [6, 6.07) is 5.81. The Labute approximate surface area is 132 Å². The third-order valence-electron chi connectivity index (χ3n) is 2.93. The van der Waals surface area contributed by atoms with Gasteiger partial charge in [0.1, 0.15) is 6.04 Å². The average molecular weight is 359 g/mol. The normalized spacial score (nSPS) is 13.3. The molecular weight excluding hydrogens is 340 g/mol. The lowest BCUT2D eigenvalue weighted by molar-refractivity contribution is -0.139. The van der Waals surface area contributed by atoms with Gasteiger partial charge in [-0.1, -0.05) is 28.1 Å². The van der Waals surface area contributed by atoms with Crippen LogP contribution in [-0.4, -0.2) is 36.9 Å². The van der Waals surface area contributed by atoms with Crippen LogP contribution in [0.2, 0.25) is 0 Å². The summed E-state index contributed by atoms with van der Waals surface area (Å²) in [6.07, 6.45) is 0.214. The van der Waals surface area contributed by atoms with Crippen molar-refractivity contribution in [3.63, 3.8) is 0 Å². The number of carbonyl (C=O) groups is 2. The molecule has 3 N–H and O–H groups in total. The largest absolute Gasteiger partial charge is 0.480 e. The molecule has 2 unspecified atom stereocenters. The molecule has 0 fully saturated rings. The Balaban J connectivity index is 2.54. The van der Waals surface area contributed by atoms with E-state index in [1.807, 2.05) is 31.2 Å². The van der Waals surface area contributed by atoms with Gasteiger partial charge in [0, 0.05) is 24.6 Å². The SMILES string of the molecule is COCCC(NC(=O)NC(C)c1ccc(Br)cc1)C(=O)O. The van der Waals surface area contributed by atoms with E-state index in [-0.39, 0.29) is 19.1 Å². The Kier molecular flexibility index (Phi) is 7.18. The van der Waals surface area contributed by atoms with Gasteiger partial charge in [0.2, 0.25) is 0 Å². The van der Waals surface area contributed by atoms with Crippen LogP contribution < -0.4 is 10.6 Å². The summed E-state index contributed by atoms with van der Waals surface area (Å²) in [5.41, 5.74) is 0.928. The maximum Gasteiger partial charge on any atom is 0.326 e. The highest BCUT2D eigenvalue weighted by atomic mass is 79.9. The van der Waals surface area contributed by atoms with E-state index in [9.17, 15) is 9.59 Å². The van der Waals surface area contributed by atoms with Crippen molar-refractivity contribution in [2.45, 2.75) is 25.4 Å². The number of ether oxygens (including phenoxy) is 1. The predicted molar refractivity (Wildman–Crippen MR) is 82.1 cm³/mol. The van der Waals surface area contributed by atoms with Crippen LogP contribution in [0, 0.1) is 0 Å². The summed E-state index contributed by atoms with van der Waals surface area (Å²) in [5.74, 6) is -1.08. The molecule has 0 saturated heterocycles. The fourth-order valence-electron chi connectivity index (χ4n) is 1.72. The highest BCUT2D eigenvalue weighted by Gasteiger charge is 2.20. The molecule has 1 aromatic rings. The first-order valence-corrected chi connectivity index (χ1v) is 7.27. The number of benzene rings is 1. The van der Waals surface area contributed by atoms with Crippen LogP contribution in [0.1, 0.15) is 24.9 Å². The zero-order valence-corrected chi connectivity index (χ0v) is 13.5. The highest BCUT2D eigenvalue weighted by Crippen LogP contribution is 2.16. The molecule has 0 aliphatic heterocycles. The number of carbonyl (C=O) groups excluding carboxylic acids is 1. The number of rotatable bonds is 7. The lowest BCUT2D eigenvalue weighted by Gasteiger charge is -2.18. The Bertz CT molecular complexity index is 478. The minimum atomic E-state index is -1.08. The van der Waals surface area contributed by atoms with Gasteiger partial charge in [0.05, 0.1) is 6.04 Å². The Morgan fingerprint density at radius 1 is 1.29 bits per heavy atom. The third-order valence-corrected chi connectivity index (χ3v) is 3.46. The molecule has 0 aliphatic rings. The van der Waals surface area contributed by atoms with Gasteiger partial charge in [-0.3, -0.25) is 0 Å². The molecular formula is C14H19BrN2O4. The van der Waals surface area contributed by atoms with Crippen molar-refractivity contribution in [2.75, 3.05) is 13.7 Å². The average Bonchev–Trinajstić information content (AvgIpc) is 2.43. The van der Waals surface area contributed by atoms with Crippen LogP contribution in [0.3, 0.4) is 0 Å². The van der Waals surface area contributed by atoms with Crippen molar-refractivity contribution in [3.05, 3.63) is 34.3 Å². The van der Waals surface area contributed by atoms with Crippen LogP contribution in [-0.2, 0) is 9.53 Å². The van der Waals surface area contributed by atoms with E-state index < -0.39 is 18.0 Å². The number of halogens is 1. The second-order valence-electron chi connectivity index (χ2n) is 4.56. The number of urea groups is 1. The number of carboxylic acid groups (broad SMARTS) is 1. The maximum absolute atomic E-state index is 11.8. The van der Waals surface area contributed by atoms with Crippen molar-refractivity contribution < 1.29 is 19.4 Å². The van der Waals surface area contributed by atoms with E-state index in [0.717, 1.165) is 10.0 Å². The van der Waals surface area contributed by atoms with E-state index in [0.29, 0.717) is 0 Å². The summed E-state index contributed by atoms with van der Waals surface area (Å²) in [4.78, 5) is 22.9. The molecule has 6 nitrogen and oxygen atoms in total. The van der Waals surface area contributed by atoms with Crippen LogP contribution in [0.4, 0.5) is 4.79 Å². The van der Waals surface area contributed by atoms with Gasteiger partial charge in [-0.05, 0) is 24.6 Å². The number of aliphatic carboxylic acids is 1. The van der Waals surface area contributed by atoms with Crippen LogP contribution >= 0.6 is 15.9 Å². The number of methoxy groups -OCH3 is 1. The van der Waals surface area contributed by atoms with Crippen LogP contribution in [0.5, 0.6) is 0 Å². The first-order valence-electron chi connectivity index (χ1n) is 6.48. The van der Waals surface area contributed by atoms with Crippen LogP contribution in [0.25, 0.3) is 0 Å². The molecule has 0 radical (unpaired) electrons. The van der Waals surface area contributed by atoms with Crippen molar-refractivity contribution in [2.24, 2.45) is 0 Å². The lowest BCUT2D eigenvalue weighted by atomic mass is 10.1. The third kappa shape index (κ3) is 6.14. The zero-order chi connectivity index (χ0) is 15.8. The van der Waals surface area contributed by atoms with E-state index >= 15 is 0 Å². The molecule has 0 spiro atoms. The molecule has 7 heteroatoms. The quantitative estimate of drug-likeness (QED) is 0.697. The lowest BCUT2D eigenvalue weighted by Crippen LogP contribution is -2.47. The number of amides is 2. The molecule has 0 heterocycles. The number of nitrogens with one attached hydrogen (secondary N) is 2.